The summed E-state index contributed by atoms with van der Waals surface area (Å²) in [4.78, 5) is 25.7. The number of hydrogen-bond acceptors (Lipinski definition) is 5. The highest BCUT2D eigenvalue weighted by atomic mass is 35.5. The lowest BCUT2D eigenvalue weighted by Gasteiger charge is -2.11. The molecule has 0 saturated carbocycles. The summed E-state index contributed by atoms with van der Waals surface area (Å²) < 4.78 is 31.5. The van der Waals surface area contributed by atoms with Crippen LogP contribution in [0.5, 0.6) is 5.75 Å². The molecule has 0 atom stereocenters. The van der Waals surface area contributed by atoms with E-state index in [0.717, 1.165) is 6.20 Å². The Bertz CT molecular complexity index is 887. The van der Waals surface area contributed by atoms with Gasteiger partial charge in [0.25, 0.3) is 15.6 Å². The van der Waals surface area contributed by atoms with E-state index in [1.54, 1.807) is 0 Å². The van der Waals surface area contributed by atoms with Gasteiger partial charge in [-0.05, 0) is 12.1 Å². The van der Waals surface area contributed by atoms with Gasteiger partial charge in [0.15, 0.2) is 4.90 Å². The number of hydrogen-bond donors (Lipinski definition) is 3. The number of H-pyrrole nitrogens is 2. The van der Waals surface area contributed by atoms with E-state index in [1.165, 1.54) is 25.3 Å². The first-order chi connectivity index (χ1) is 9.83. The molecule has 0 aliphatic rings. The third kappa shape index (κ3) is 3.26. The number of aromatic nitrogens is 2. The van der Waals surface area contributed by atoms with Crippen molar-refractivity contribution in [2.75, 3.05) is 11.8 Å². The van der Waals surface area contributed by atoms with Gasteiger partial charge in [-0.25, -0.2) is 13.2 Å². The molecule has 0 spiro atoms. The van der Waals surface area contributed by atoms with E-state index in [9.17, 15) is 18.0 Å². The average Bonchev–Trinajstić information content (AvgIpc) is 2.40. The molecule has 0 bridgehead atoms. The molecule has 0 fully saturated rings. The smallest absolute Gasteiger partial charge is 0.325 e. The van der Waals surface area contributed by atoms with Crippen molar-refractivity contribution in [3.8, 4) is 5.75 Å². The molecule has 1 aromatic carbocycles. The van der Waals surface area contributed by atoms with Crippen LogP contribution in [0.15, 0.2) is 38.9 Å². The lowest BCUT2D eigenvalue weighted by atomic mass is 10.3. The summed E-state index contributed by atoms with van der Waals surface area (Å²) in [5, 5.41) is 0.358. The summed E-state index contributed by atoms with van der Waals surface area (Å²) in [5.74, 6) is 0.187. The number of aromatic amines is 2. The molecule has 0 radical (unpaired) electrons. The maximum atomic E-state index is 12.1. The molecule has 1 aromatic heterocycles. The minimum Gasteiger partial charge on any atom is -0.495 e. The molecule has 3 N–H and O–H groups in total. The van der Waals surface area contributed by atoms with Crippen LogP contribution in [0.3, 0.4) is 0 Å². The van der Waals surface area contributed by atoms with Crippen LogP contribution >= 0.6 is 11.6 Å². The van der Waals surface area contributed by atoms with E-state index < -0.39 is 26.2 Å². The van der Waals surface area contributed by atoms with Gasteiger partial charge >= 0.3 is 5.69 Å². The predicted molar refractivity (Wildman–Crippen MR) is 76.5 cm³/mol. The summed E-state index contributed by atoms with van der Waals surface area (Å²) in [7, 11) is -2.85. The number of benzene rings is 1. The molecular formula is C11H10ClN3O5S. The van der Waals surface area contributed by atoms with E-state index in [0.29, 0.717) is 5.02 Å². The Morgan fingerprint density at radius 2 is 2.00 bits per heavy atom. The van der Waals surface area contributed by atoms with Crippen LogP contribution < -0.4 is 20.7 Å². The molecule has 2 aromatic rings. The highest BCUT2D eigenvalue weighted by Crippen LogP contribution is 2.29. The van der Waals surface area contributed by atoms with Gasteiger partial charge in [0.2, 0.25) is 0 Å². The van der Waals surface area contributed by atoms with Crippen molar-refractivity contribution in [3.05, 3.63) is 50.3 Å². The number of rotatable bonds is 4. The maximum Gasteiger partial charge on any atom is 0.325 e. The predicted octanol–water partition coefficient (Wildman–Crippen LogP) is 0.526. The van der Waals surface area contributed by atoms with Crippen LogP contribution in [0.4, 0.5) is 5.69 Å². The third-order valence-electron chi connectivity index (χ3n) is 2.48. The molecule has 0 saturated heterocycles. The Balaban J connectivity index is 2.47. The first-order valence-electron chi connectivity index (χ1n) is 5.52. The maximum absolute atomic E-state index is 12.1. The minimum absolute atomic E-state index is 0.104. The quantitative estimate of drug-likeness (QED) is 0.754. The lowest BCUT2D eigenvalue weighted by Crippen LogP contribution is -2.29. The molecule has 112 valence electrons. The van der Waals surface area contributed by atoms with E-state index >= 15 is 0 Å². The van der Waals surface area contributed by atoms with E-state index in [-0.39, 0.29) is 11.4 Å². The third-order valence-corrected chi connectivity index (χ3v) is 4.09. The van der Waals surface area contributed by atoms with E-state index in [1.807, 2.05) is 4.98 Å². The van der Waals surface area contributed by atoms with E-state index in [2.05, 4.69) is 9.71 Å². The Kier molecular flexibility index (Phi) is 4.05. The minimum atomic E-state index is -4.19. The van der Waals surface area contributed by atoms with Crippen molar-refractivity contribution in [2.45, 2.75) is 4.90 Å². The second kappa shape index (κ2) is 5.62. The van der Waals surface area contributed by atoms with Crippen LogP contribution in [0.25, 0.3) is 0 Å². The number of ether oxygens (including phenoxy) is 1. The summed E-state index contributed by atoms with van der Waals surface area (Å²) in [6.45, 7) is 0. The summed E-state index contributed by atoms with van der Waals surface area (Å²) >= 11 is 5.77. The molecular weight excluding hydrogens is 322 g/mol. The molecule has 1 heterocycles. The highest BCUT2D eigenvalue weighted by molar-refractivity contribution is 7.92. The van der Waals surface area contributed by atoms with Crippen molar-refractivity contribution >= 4 is 27.3 Å². The molecule has 0 unspecified atom stereocenters. The fourth-order valence-corrected chi connectivity index (χ4v) is 2.79. The van der Waals surface area contributed by atoms with Gasteiger partial charge < -0.3 is 9.72 Å². The second-order valence-corrected chi connectivity index (χ2v) is 5.97. The van der Waals surface area contributed by atoms with Crippen LogP contribution in [0, 0.1) is 0 Å². The van der Waals surface area contributed by atoms with Gasteiger partial charge in [-0.2, -0.15) is 0 Å². The second-order valence-electron chi connectivity index (χ2n) is 3.89. The molecule has 10 heteroatoms. The fraction of sp³-hybridized carbons (Fsp3) is 0.0909. The Hall–Kier alpha value is -2.26. The molecule has 0 aliphatic carbocycles. The van der Waals surface area contributed by atoms with Gasteiger partial charge in [-0.1, -0.05) is 11.6 Å². The van der Waals surface area contributed by atoms with Crippen LogP contribution in [-0.4, -0.2) is 25.5 Å². The van der Waals surface area contributed by atoms with Crippen LogP contribution in [0.1, 0.15) is 0 Å². The molecule has 0 aliphatic heterocycles. The average molecular weight is 332 g/mol. The molecule has 2 rings (SSSR count). The number of sulfonamides is 1. The first-order valence-corrected chi connectivity index (χ1v) is 7.38. The van der Waals surface area contributed by atoms with Crippen molar-refractivity contribution in [2.24, 2.45) is 0 Å². The molecule has 0 amide bonds. The Labute approximate surface area is 123 Å². The Morgan fingerprint density at radius 3 is 2.62 bits per heavy atom. The van der Waals surface area contributed by atoms with Crippen LogP contribution in [0.2, 0.25) is 5.02 Å². The van der Waals surface area contributed by atoms with Crippen molar-refractivity contribution < 1.29 is 13.2 Å². The van der Waals surface area contributed by atoms with Gasteiger partial charge in [0.1, 0.15) is 5.75 Å². The van der Waals surface area contributed by atoms with Gasteiger partial charge in [0.05, 0.1) is 12.8 Å². The van der Waals surface area contributed by atoms with Crippen molar-refractivity contribution in [1.82, 2.24) is 9.97 Å². The SMILES string of the molecule is COc1cc(Cl)ccc1NS(=O)(=O)c1c[nH]c(=O)[nH]c1=O. The Morgan fingerprint density at radius 1 is 1.29 bits per heavy atom. The fourth-order valence-electron chi connectivity index (χ4n) is 1.55. The monoisotopic (exact) mass is 331 g/mol. The zero-order valence-corrected chi connectivity index (χ0v) is 12.2. The summed E-state index contributed by atoms with van der Waals surface area (Å²) in [6, 6.07) is 4.26. The number of nitrogens with one attached hydrogen (secondary N) is 3. The van der Waals surface area contributed by atoms with Crippen molar-refractivity contribution in [1.29, 1.82) is 0 Å². The zero-order chi connectivity index (χ0) is 15.6. The first kappa shape index (κ1) is 15.1. The van der Waals surface area contributed by atoms with E-state index in [4.69, 9.17) is 16.3 Å². The molecule has 21 heavy (non-hydrogen) atoms. The number of methoxy groups -OCH3 is 1. The van der Waals surface area contributed by atoms with Crippen LogP contribution in [-0.2, 0) is 10.0 Å². The number of halogens is 1. The summed E-state index contributed by atoms with van der Waals surface area (Å²) in [5.41, 5.74) is -1.73. The number of anilines is 1. The topological polar surface area (TPSA) is 121 Å². The standard InChI is InChI=1S/C11H10ClN3O5S/c1-20-8-4-6(12)2-3-7(8)15-21(18,19)9-5-13-11(17)14-10(9)16/h2-5,15H,1H3,(H2,13,14,16,17). The highest BCUT2D eigenvalue weighted by Gasteiger charge is 2.20. The molecule has 8 nitrogen and oxygen atoms in total. The largest absolute Gasteiger partial charge is 0.495 e. The van der Waals surface area contributed by atoms with Gasteiger partial charge in [-0.15, -0.1) is 0 Å². The summed E-state index contributed by atoms with van der Waals surface area (Å²) in [6.07, 6.45) is 0.811. The van der Waals surface area contributed by atoms with Crippen molar-refractivity contribution in [3.63, 3.8) is 0 Å². The van der Waals surface area contributed by atoms with Gasteiger partial charge in [-0.3, -0.25) is 14.5 Å². The lowest BCUT2D eigenvalue weighted by molar-refractivity contribution is 0.417. The normalized spacial score (nSPS) is 11.1. The zero-order valence-electron chi connectivity index (χ0n) is 10.6. The van der Waals surface area contributed by atoms with Gasteiger partial charge in [0, 0.05) is 17.3 Å².